The topological polar surface area (TPSA) is 63.6 Å². The maximum absolute atomic E-state index is 11.7. The molecule has 0 radical (unpaired) electrons. The van der Waals surface area contributed by atoms with Gasteiger partial charge in [-0.05, 0) is 37.7 Å². The smallest absolute Gasteiger partial charge is 0.317 e. The lowest BCUT2D eigenvalue weighted by Crippen LogP contribution is -2.14. The summed E-state index contributed by atoms with van der Waals surface area (Å²) in [7, 11) is 0. The van der Waals surface area contributed by atoms with E-state index in [1.54, 1.807) is 0 Å². The van der Waals surface area contributed by atoms with Crippen molar-refractivity contribution in [2.24, 2.45) is 0 Å². The fourth-order valence-corrected chi connectivity index (χ4v) is 3.33. The van der Waals surface area contributed by atoms with E-state index < -0.39 is 11.9 Å². The number of aliphatic hydroxyl groups excluding tert-OH is 1. The Balaban J connectivity index is 1.93. The Morgan fingerprint density at radius 1 is 0.900 bits per heavy atom. The van der Waals surface area contributed by atoms with E-state index in [0.29, 0.717) is 6.42 Å². The fourth-order valence-electron chi connectivity index (χ4n) is 3.33. The molecule has 30 heavy (non-hydrogen) atoms. The minimum atomic E-state index is -0.482. The number of esters is 2. The molecule has 1 atom stereocenters. The lowest BCUT2D eigenvalue weighted by molar-refractivity contribution is -0.159. The van der Waals surface area contributed by atoms with Crippen LogP contribution in [0.4, 0.5) is 0 Å². The molecule has 1 aromatic rings. The Morgan fingerprint density at radius 3 is 2.37 bits per heavy atom. The second-order valence-electron chi connectivity index (χ2n) is 8.03. The Morgan fingerprint density at radius 2 is 1.60 bits per heavy atom. The van der Waals surface area contributed by atoms with Gasteiger partial charge in [0.1, 0.15) is 0 Å². The molecule has 0 saturated carbocycles. The van der Waals surface area contributed by atoms with E-state index in [9.17, 15) is 14.7 Å². The summed E-state index contributed by atoms with van der Waals surface area (Å²) < 4.78 is 4.87. The van der Waals surface area contributed by atoms with Gasteiger partial charge < -0.3 is 9.84 Å². The Labute approximate surface area is 182 Å². The number of rotatable bonds is 17. The van der Waals surface area contributed by atoms with Crippen LogP contribution in [0.3, 0.4) is 0 Å². The van der Waals surface area contributed by atoms with Gasteiger partial charge >= 0.3 is 11.9 Å². The monoisotopic (exact) mass is 416 g/mol. The largest absolute Gasteiger partial charge is 0.393 e. The first-order valence-corrected chi connectivity index (χ1v) is 11.7. The van der Waals surface area contributed by atoms with Crippen LogP contribution >= 0.6 is 0 Å². The molecule has 168 valence electrons. The molecule has 0 heterocycles. The predicted molar refractivity (Wildman–Crippen MR) is 122 cm³/mol. The van der Waals surface area contributed by atoms with Crippen LogP contribution in [0.1, 0.15) is 96.0 Å². The molecule has 0 unspecified atom stereocenters. The number of aliphatic hydroxyl groups is 1. The Bertz CT molecular complexity index is 594. The summed E-state index contributed by atoms with van der Waals surface area (Å²) in [6.07, 6.45) is 17.1. The van der Waals surface area contributed by atoms with Gasteiger partial charge in [-0.15, -0.1) is 0 Å². The van der Waals surface area contributed by atoms with Crippen LogP contribution in [-0.2, 0) is 20.7 Å². The van der Waals surface area contributed by atoms with Crippen LogP contribution in [0.15, 0.2) is 42.5 Å². The average Bonchev–Trinajstić information content (AvgIpc) is 2.73. The second kappa shape index (κ2) is 17.9. The number of carbonyl (C=O) groups excluding carboxylic acids is 2. The van der Waals surface area contributed by atoms with Crippen molar-refractivity contribution in [1.29, 1.82) is 0 Å². The minimum Gasteiger partial charge on any atom is -0.393 e. The van der Waals surface area contributed by atoms with Gasteiger partial charge in [0.15, 0.2) is 0 Å². The lowest BCUT2D eigenvalue weighted by atomic mass is 10.1. The van der Waals surface area contributed by atoms with Gasteiger partial charge in [-0.25, -0.2) is 0 Å². The zero-order valence-corrected chi connectivity index (χ0v) is 18.7. The van der Waals surface area contributed by atoms with Gasteiger partial charge in [-0.3, -0.25) is 9.59 Å². The molecule has 0 amide bonds. The summed E-state index contributed by atoms with van der Waals surface area (Å²) in [5.74, 6) is -0.906. The molecule has 4 nitrogen and oxygen atoms in total. The highest BCUT2D eigenvalue weighted by Gasteiger charge is 2.10. The van der Waals surface area contributed by atoms with Gasteiger partial charge in [0.05, 0.1) is 12.5 Å². The third-order valence-corrected chi connectivity index (χ3v) is 5.14. The summed E-state index contributed by atoms with van der Waals surface area (Å²) in [6.45, 7) is 2.20. The van der Waals surface area contributed by atoms with Crippen LogP contribution < -0.4 is 0 Å². The number of allylic oxidation sites excluding steroid dienone is 1. The second-order valence-corrected chi connectivity index (χ2v) is 8.03. The molecule has 1 rings (SSSR count). The SMILES string of the molecule is CCCCCC[C@@H](O)C/C=C\CCCCCCCC(=O)OC(=O)Cc1ccccc1. The van der Waals surface area contributed by atoms with Crippen LogP contribution in [0.2, 0.25) is 0 Å². The van der Waals surface area contributed by atoms with Gasteiger partial charge in [0, 0.05) is 6.42 Å². The van der Waals surface area contributed by atoms with Gasteiger partial charge in [-0.1, -0.05) is 94.4 Å². The van der Waals surface area contributed by atoms with E-state index in [1.807, 2.05) is 30.3 Å². The van der Waals surface area contributed by atoms with Crippen molar-refractivity contribution in [3.63, 3.8) is 0 Å². The number of hydrogen-bond donors (Lipinski definition) is 1. The summed E-state index contributed by atoms with van der Waals surface area (Å²) in [5.41, 5.74) is 0.853. The third-order valence-electron chi connectivity index (χ3n) is 5.14. The summed E-state index contributed by atoms with van der Waals surface area (Å²) in [6, 6.07) is 9.30. The van der Waals surface area contributed by atoms with Gasteiger partial charge in [0.25, 0.3) is 0 Å². The molecule has 4 heteroatoms. The maximum Gasteiger partial charge on any atom is 0.317 e. The number of hydrogen-bond acceptors (Lipinski definition) is 4. The van der Waals surface area contributed by atoms with E-state index in [4.69, 9.17) is 4.74 Å². The molecule has 0 aliphatic rings. The van der Waals surface area contributed by atoms with Crippen molar-refractivity contribution in [1.82, 2.24) is 0 Å². The maximum atomic E-state index is 11.7. The summed E-state index contributed by atoms with van der Waals surface area (Å²) in [5, 5.41) is 9.91. The third kappa shape index (κ3) is 15.0. The summed E-state index contributed by atoms with van der Waals surface area (Å²) in [4.78, 5) is 23.5. The lowest BCUT2D eigenvalue weighted by Gasteiger charge is -2.07. The van der Waals surface area contributed by atoms with E-state index >= 15 is 0 Å². The van der Waals surface area contributed by atoms with Crippen molar-refractivity contribution in [3.8, 4) is 0 Å². The van der Waals surface area contributed by atoms with Crippen LogP contribution in [0.5, 0.6) is 0 Å². The molecule has 0 aliphatic heterocycles. The highest BCUT2D eigenvalue weighted by molar-refractivity contribution is 5.86. The Kier molecular flexibility index (Phi) is 15.6. The molecule has 0 aliphatic carbocycles. The quantitative estimate of drug-likeness (QED) is 0.140. The highest BCUT2D eigenvalue weighted by Crippen LogP contribution is 2.11. The number of carbonyl (C=O) groups is 2. The minimum absolute atomic E-state index is 0.135. The van der Waals surface area contributed by atoms with Crippen molar-refractivity contribution >= 4 is 11.9 Å². The van der Waals surface area contributed by atoms with E-state index in [0.717, 1.165) is 63.4 Å². The van der Waals surface area contributed by atoms with Crippen molar-refractivity contribution in [3.05, 3.63) is 48.0 Å². The van der Waals surface area contributed by atoms with Crippen molar-refractivity contribution in [2.75, 3.05) is 0 Å². The number of benzene rings is 1. The first-order valence-electron chi connectivity index (χ1n) is 11.7. The van der Waals surface area contributed by atoms with E-state index in [-0.39, 0.29) is 12.5 Å². The molecule has 0 fully saturated rings. The molecule has 1 N–H and O–H groups in total. The van der Waals surface area contributed by atoms with Gasteiger partial charge in [0.2, 0.25) is 0 Å². The molecular formula is C26H40O4. The van der Waals surface area contributed by atoms with Gasteiger partial charge in [-0.2, -0.15) is 0 Å². The Hall–Kier alpha value is -1.94. The normalized spacial score (nSPS) is 12.2. The zero-order valence-electron chi connectivity index (χ0n) is 18.7. The average molecular weight is 417 g/mol. The molecule has 0 spiro atoms. The highest BCUT2D eigenvalue weighted by atomic mass is 16.6. The molecule has 1 aromatic carbocycles. The standard InChI is InChI=1S/C26H40O4/c1-2-3-4-14-19-24(27)20-15-9-7-5-6-8-10-16-21-25(28)30-26(29)22-23-17-12-11-13-18-23/h9,11-13,15,17-18,24,27H,2-8,10,14,16,19-22H2,1H3/b15-9-/t24-/m1/s1. The first-order chi connectivity index (χ1) is 14.6. The van der Waals surface area contributed by atoms with Crippen LogP contribution in [0.25, 0.3) is 0 Å². The molecule has 0 bridgehead atoms. The van der Waals surface area contributed by atoms with Crippen molar-refractivity contribution < 1.29 is 19.4 Å². The van der Waals surface area contributed by atoms with E-state index in [1.165, 1.54) is 19.3 Å². The van der Waals surface area contributed by atoms with Crippen molar-refractivity contribution in [2.45, 2.75) is 103 Å². The first kappa shape index (κ1) is 26.1. The predicted octanol–water partition coefficient (Wildman–Crippen LogP) is 6.31. The molecule has 0 aromatic heterocycles. The van der Waals surface area contributed by atoms with Crippen LogP contribution in [0, 0.1) is 0 Å². The van der Waals surface area contributed by atoms with Crippen LogP contribution in [-0.4, -0.2) is 23.1 Å². The fraction of sp³-hybridized carbons (Fsp3) is 0.615. The molecular weight excluding hydrogens is 376 g/mol. The number of ether oxygens (including phenoxy) is 1. The zero-order chi connectivity index (χ0) is 21.9. The molecule has 0 saturated heterocycles. The van der Waals surface area contributed by atoms with E-state index in [2.05, 4.69) is 19.1 Å². The number of unbranched alkanes of at least 4 members (excludes halogenated alkanes) is 8. The summed E-state index contributed by atoms with van der Waals surface area (Å²) >= 11 is 0.